The van der Waals surface area contributed by atoms with Crippen molar-refractivity contribution in [2.24, 2.45) is 0 Å². The maximum atomic E-state index is 12.2. The molecular formula is C18H12Cl2O4. The van der Waals surface area contributed by atoms with E-state index in [1.165, 1.54) is 18.2 Å². The van der Waals surface area contributed by atoms with Gasteiger partial charge in [-0.05, 0) is 49.7 Å². The normalized spacial score (nSPS) is 10.8. The Morgan fingerprint density at radius 1 is 1.04 bits per heavy atom. The van der Waals surface area contributed by atoms with E-state index in [2.05, 4.69) is 0 Å². The zero-order valence-corrected chi connectivity index (χ0v) is 14.4. The minimum atomic E-state index is -0.623. The van der Waals surface area contributed by atoms with Crippen LogP contribution in [0.15, 0.2) is 45.6 Å². The molecule has 0 amide bonds. The van der Waals surface area contributed by atoms with Crippen LogP contribution >= 0.6 is 23.2 Å². The van der Waals surface area contributed by atoms with Crippen LogP contribution in [0.2, 0.25) is 10.0 Å². The number of hydrogen-bond acceptors (Lipinski definition) is 4. The van der Waals surface area contributed by atoms with Gasteiger partial charge in [0.05, 0.1) is 10.6 Å². The molecule has 122 valence electrons. The monoisotopic (exact) mass is 362 g/mol. The highest BCUT2D eigenvalue weighted by atomic mass is 35.5. The second-order valence-electron chi connectivity index (χ2n) is 5.31. The predicted octanol–water partition coefficient (Wildman–Crippen LogP) is 4.94. The topological polar surface area (TPSA) is 56.5 Å². The molecule has 0 saturated heterocycles. The zero-order valence-electron chi connectivity index (χ0n) is 12.9. The first-order valence-electron chi connectivity index (χ1n) is 7.08. The average Bonchev–Trinajstić information content (AvgIpc) is 2.52. The Bertz CT molecular complexity index is 1020. The van der Waals surface area contributed by atoms with Gasteiger partial charge in [0.1, 0.15) is 11.3 Å². The number of hydrogen-bond donors (Lipinski definition) is 0. The molecule has 0 aliphatic carbocycles. The predicted molar refractivity (Wildman–Crippen MR) is 93.4 cm³/mol. The second kappa shape index (κ2) is 6.30. The minimum absolute atomic E-state index is 0.197. The van der Waals surface area contributed by atoms with Crippen molar-refractivity contribution in [1.82, 2.24) is 0 Å². The van der Waals surface area contributed by atoms with Gasteiger partial charge in [0.2, 0.25) is 0 Å². The molecule has 0 aliphatic rings. The van der Waals surface area contributed by atoms with Crippen molar-refractivity contribution >= 4 is 40.1 Å². The minimum Gasteiger partial charge on any atom is -0.423 e. The number of halogens is 2. The Kier molecular flexibility index (Phi) is 4.35. The molecule has 1 heterocycles. The summed E-state index contributed by atoms with van der Waals surface area (Å²) in [7, 11) is 0. The summed E-state index contributed by atoms with van der Waals surface area (Å²) < 4.78 is 10.6. The third kappa shape index (κ3) is 3.03. The number of benzene rings is 2. The van der Waals surface area contributed by atoms with Crippen molar-refractivity contribution in [3.05, 3.63) is 73.6 Å². The molecule has 0 N–H and O–H groups in total. The third-order valence-corrected chi connectivity index (χ3v) is 4.34. The molecule has 0 aliphatic heterocycles. The van der Waals surface area contributed by atoms with E-state index in [4.69, 9.17) is 32.4 Å². The first-order valence-corrected chi connectivity index (χ1v) is 7.83. The van der Waals surface area contributed by atoms with Gasteiger partial charge < -0.3 is 9.15 Å². The summed E-state index contributed by atoms with van der Waals surface area (Å²) in [6.07, 6.45) is 0. The van der Waals surface area contributed by atoms with E-state index >= 15 is 0 Å². The second-order valence-corrected chi connectivity index (χ2v) is 6.15. The van der Waals surface area contributed by atoms with Crippen LogP contribution in [-0.2, 0) is 0 Å². The van der Waals surface area contributed by atoms with Gasteiger partial charge in [-0.25, -0.2) is 9.59 Å². The van der Waals surface area contributed by atoms with Gasteiger partial charge in [-0.2, -0.15) is 0 Å². The van der Waals surface area contributed by atoms with E-state index in [-0.39, 0.29) is 16.3 Å². The van der Waals surface area contributed by atoms with Crippen LogP contribution in [0.1, 0.15) is 21.5 Å². The van der Waals surface area contributed by atoms with Crippen LogP contribution in [-0.4, -0.2) is 5.97 Å². The molecule has 3 aromatic rings. The number of carbonyl (C=O) groups is 1. The van der Waals surface area contributed by atoms with Crippen LogP contribution in [0.5, 0.6) is 5.75 Å². The largest absolute Gasteiger partial charge is 0.423 e. The molecule has 4 nitrogen and oxygen atoms in total. The molecule has 2 aromatic carbocycles. The van der Waals surface area contributed by atoms with Crippen molar-refractivity contribution in [2.75, 3.05) is 0 Å². The Balaban J connectivity index is 1.97. The van der Waals surface area contributed by atoms with Crippen LogP contribution < -0.4 is 10.4 Å². The van der Waals surface area contributed by atoms with E-state index < -0.39 is 11.6 Å². The quantitative estimate of drug-likeness (QED) is 0.368. The number of aryl methyl sites for hydroxylation is 1. The number of ether oxygens (including phenoxy) is 1. The maximum absolute atomic E-state index is 12.2. The van der Waals surface area contributed by atoms with E-state index in [0.29, 0.717) is 16.2 Å². The lowest BCUT2D eigenvalue weighted by molar-refractivity contribution is 0.0735. The zero-order chi connectivity index (χ0) is 17.4. The van der Waals surface area contributed by atoms with Crippen molar-refractivity contribution in [2.45, 2.75) is 13.8 Å². The maximum Gasteiger partial charge on any atom is 0.345 e. The molecule has 3 rings (SSSR count). The van der Waals surface area contributed by atoms with Gasteiger partial charge in [0.15, 0.2) is 0 Å². The summed E-state index contributed by atoms with van der Waals surface area (Å²) in [6, 6.07) is 9.39. The number of rotatable bonds is 2. The molecule has 1 aromatic heterocycles. The smallest absolute Gasteiger partial charge is 0.345 e. The Morgan fingerprint density at radius 2 is 1.79 bits per heavy atom. The van der Waals surface area contributed by atoms with Crippen molar-refractivity contribution in [3.8, 4) is 5.75 Å². The van der Waals surface area contributed by atoms with Crippen molar-refractivity contribution in [3.63, 3.8) is 0 Å². The summed E-state index contributed by atoms with van der Waals surface area (Å²) >= 11 is 11.8. The molecule has 0 bridgehead atoms. The summed E-state index contributed by atoms with van der Waals surface area (Å²) in [5, 5.41) is 1.41. The van der Waals surface area contributed by atoms with Gasteiger partial charge in [0, 0.05) is 22.0 Å². The molecule has 24 heavy (non-hydrogen) atoms. The Labute approximate surface area is 147 Å². The van der Waals surface area contributed by atoms with Crippen LogP contribution in [0.3, 0.4) is 0 Å². The molecule has 0 unspecified atom stereocenters. The first kappa shape index (κ1) is 16.6. The van der Waals surface area contributed by atoms with Gasteiger partial charge >= 0.3 is 11.6 Å². The summed E-state index contributed by atoms with van der Waals surface area (Å²) in [5.41, 5.74) is 1.53. The lowest BCUT2D eigenvalue weighted by Crippen LogP contribution is -2.09. The average molecular weight is 363 g/mol. The molecule has 0 saturated carbocycles. The standard InChI is InChI=1S/C18H12Cl2O4/c1-9-10(2)17(21)24-16-8-12(4-6-13(9)16)23-18(22)14-5-3-11(19)7-15(14)20/h3-8H,1-2H3. The van der Waals surface area contributed by atoms with Crippen molar-refractivity contribution < 1.29 is 13.9 Å². The van der Waals surface area contributed by atoms with Gasteiger partial charge in [0.25, 0.3) is 0 Å². The van der Waals surface area contributed by atoms with E-state index in [0.717, 1.165) is 10.9 Å². The summed E-state index contributed by atoms with van der Waals surface area (Å²) in [4.78, 5) is 24.0. The van der Waals surface area contributed by atoms with E-state index in [1.54, 1.807) is 25.1 Å². The highest BCUT2D eigenvalue weighted by Crippen LogP contribution is 2.26. The molecule has 0 atom stereocenters. The van der Waals surface area contributed by atoms with Crippen LogP contribution in [0.25, 0.3) is 11.0 Å². The highest BCUT2D eigenvalue weighted by molar-refractivity contribution is 6.36. The molecular weight excluding hydrogens is 351 g/mol. The fraction of sp³-hybridized carbons (Fsp3) is 0.111. The molecule has 0 spiro atoms. The fourth-order valence-corrected chi connectivity index (χ4v) is 2.79. The van der Waals surface area contributed by atoms with Crippen LogP contribution in [0.4, 0.5) is 0 Å². The summed E-state index contributed by atoms with van der Waals surface area (Å²) in [6.45, 7) is 3.55. The Hall–Kier alpha value is -2.30. The number of fused-ring (bicyclic) bond motifs is 1. The Morgan fingerprint density at radius 3 is 2.50 bits per heavy atom. The lowest BCUT2D eigenvalue weighted by atomic mass is 10.1. The molecule has 6 heteroatoms. The molecule has 0 fully saturated rings. The third-order valence-electron chi connectivity index (χ3n) is 3.79. The van der Waals surface area contributed by atoms with E-state index in [9.17, 15) is 9.59 Å². The first-order chi connectivity index (χ1) is 11.4. The highest BCUT2D eigenvalue weighted by Gasteiger charge is 2.15. The number of carbonyl (C=O) groups excluding carboxylic acids is 1. The molecule has 0 radical (unpaired) electrons. The number of esters is 1. The van der Waals surface area contributed by atoms with Gasteiger partial charge in [-0.15, -0.1) is 0 Å². The van der Waals surface area contributed by atoms with Gasteiger partial charge in [-0.1, -0.05) is 23.2 Å². The van der Waals surface area contributed by atoms with Gasteiger partial charge in [-0.3, -0.25) is 0 Å². The SMILES string of the molecule is Cc1c(C)c2ccc(OC(=O)c3ccc(Cl)cc3Cl)cc2oc1=O. The fourth-order valence-electron chi connectivity index (χ4n) is 2.31. The van der Waals surface area contributed by atoms with E-state index in [1.807, 2.05) is 6.92 Å². The van der Waals surface area contributed by atoms with Crippen molar-refractivity contribution in [1.29, 1.82) is 0 Å². The summed E-state index contributed by atoms with van der Waals surface area (Å²) in [5.74, 6) is -0.368. The van der Waals surface area contributed by atoms with Crippen LogP contribution in [0, 0.1) is 13.8 Å². The lowest BCUT2D eigenvalue weighted by Gasteiger charge is -2.08.